The summed E-state index contributed by atoms with van der Waals surface area (Å²) in [5, 5.41) is 13.3. The van der Waals surface area contributed by atoms with E-state index in [9.17, 15) is 19.7 Å². The zero-order valence-electron chi connectivity index (χ0n) is 15.0. The summed E-state index contributed by atoms with van der Waals surface area (Å²) in [5.74, 6) is 0.145. The van der Waals surface area contributed by atoms with Crippen LogP contribution in [0.3, 0.4) is 0 Å². The molecular formula is C18H25N3O4S. The van der Waals surface area contributed by atoms with Crippen molar-refractivity contribution in [3.63, 3.8) is 0 Å². The fourth-order valence-corrected chi connectivity index (χ4v) is 3.70. The van der Waals surface area contributed by atoms with Crippen molar-refractivity contribution >= 4 is 29.3 Å². The molecule has 0 bridgehead atoms. The van der Waals surface area contributed by atoms with Crippen molar-refractivity contribution < 1.29 is 14.5 Å². The first-order valence-electron chi connectivity index (χ1n) is 8.94. The van der Waals surface area contributed by atoms with Crippen LogP contribution in [0.15, 0.2) is 29.2 Å². The van der Waals surface area contributed by atoms with Crippen molar-refractivity contribution in [2.45, 2.75) is 49.2 Å². The van der Waals surface area contributed by atoms with Gasteiger partial charge in [0.2, 0.25) is 11.8 Å². The number of carbonyl (C=O) groups is 2. The van der Waals surface area contributed by atoms with E-state index in [0.717, 1.165) is 37.1 Å². The van der Waals surface area contributed by atoms with Gasteiger partial charge in [-0.1, -0.05) is 6.42 Å². The molecule has 1 N–H and O–H groups in total. The molecule has 1 aromatic carbocycles. The van der Waals surface area contributed by atoms with Crippen molar-refractivity contribution in [1.29, 1.82) is 0 Å². The number of nitro groups is 1. The van der Waals surface area contributed by atoms with Crippen LogP contribution < -0.4 is 5.32 Å². The van der Waals surface area contributed by atoms with Gasteiger partial charge in [0.1, 0.15) is 0 Å². The van der Waals surface area contributed by atoms with Crippen molar-refractivity contribution in [3.8, 4) is 0 Å². The van der Waals surface area contributed by atoms with Gasteiger partial charge in [-0.25, -0.2) is 0 Å². The van der Waals surface area contributed by atoms with E-state index in [1.165, 1.54) is 23.9 Å². The van der Waals surface area contributed by atoms with Crippen LogP contribution in [-0.4, -0.2) is 46.5 Å². The summed E-state index contributed by atoms with van der Waals surface area (Å²) in [6.45, 7) is 3.84. The highest BCUT2D eigenvalue weighted by molar-refractivity contribution is 8.00. The van der Waals surface area contributed by atoms with Gasteiger partial charge in [0, 0.05) is 43.1 Å². The number of thioether (sulfide) groups is 1. The number of benzene rings is 1. The summed E-state index contributed by atoms with van der Waals surface area (Å²) in [4.78, 5) is 37.0. The lowest BCUT2D eigenvalue weighted by molar-refractivity contribution is -0.384. The predicted octanol–water partition coefficient (Wildman–Crippen LogP) is 2.98. The maximum absolute atomic E-state index is 12.2. The SMILES string of the molecule is CC(Sc1ccc([N+](=O)[O-])cc1)C(=O)NCCCN1CCCCCC1=O. The number of hydrogen-bond donors (Lipinski definition) is 1. The van der Waals surface area contributed by atoms with E-state index in [0.29, 0.717) is 19.5 Å². The molecule has 0 aliphatic carbocycles. The van der Waals surface area contributed by atoms with Crippen LogP contribution in [0.25, 0.3) is 0 Å². The molecule has 8 heteroatoms. The molecule has 26 heavy (non-hydrogen) atoms. The van der Waals surface area contributed by atoms with E-state index in [4.69, 9.17) is 0 Å². The Balaban J connectivity index is 1.69. The summed E-state index contributed by atoms with van der Waals surface area (Å²) < 4.78 is 0. The van der Waals surface area contributed by atoms with E-state index in [2.05, 4.69) is 5.32 Å². The zero-order valence-corrected chi connectivity index (χ0v) is 15.8. The maximum atomic E-state index is 12.2. The average molecular weight is 379 g/mol. The van der Waals surface area contributed by atoms with Gasteiger partial charge in [0.25, 0.3) is 5.69 Å². The first-order valence-corrected chi connectivity index (χ1v) is 9.82. The zero-order chi connectivity index (χ0) is 18.9. The standard InChI is InChI=1S/C18H25N3O4S/c1-14(26-16-9-7-15(8-10-16)21(24)25)18(23)19-11-5-13-20-12-4-2-3-6-17(20)22/h7-10,14H,2-6,11-13H2,1H3,(H,19,23). The van der Waals surface area contributed by atoms with Gasteiger partial charge in [0.05, 0.1) is 10.2 Å². The molecule has 0 spiro atoms. The van der Waals surface area contributed by atoms with Gasteiger partial charge in [-0.05, 0) is 38.3 Å². The van der Waals surface area contributed by atoms with Crippen LogP contribution in [-0.2, 0) is 9.59 Å². The van der Waals surface area contributed by atoms with Crippen LogP contribution in [0.5, 0.6) is 0 Å². The van der Waals surface area contributed by atoms with Crippen LogP contribution in [0.1, 0.15) is 39.0 Å². The third-order valence-electron chi connectivity index (χ3n) is 4.31. The fraction of sp³-hybridized carbons (Fsp3) is 0.556. The largest absolute Gasteiger partial charge is 0.355 e. The van der Waals surface area contributed by atoms with Crippen LogP contribution in [0.4, 0.5) is 5.69 Å². The Kier molecular flexibility index (Phi) is 7.90. The van der Waals surface area contributed by atoms with Gasteiger partial charge in [-0.15, -0.1) is 11.8 Å². The lowest BCUT2D eigenvalue weighted by Gasteiger charge is -2.20. The molecule has 1 saturated heterocycles. The Bertz CT molecular complexity index is 636. The second-order valence-corrected chi connectivity index (χ2v) is 7.76. The number of carbonyl (C=O) groups excluding carboxylic acids is 2. The molecule has 2 amide bonds. The minimum absolute atomic E-state index is 0.0366. The molecule has 0 aromatic heterocycles. The fourth-order valence-electron chi connectivity index (χ4n) is 2.80. The molecule has 1 heterocycles. The predicted molar refractivity (Wildman–Crippen MR) is 101 cm³/mol. The highest BCUT2D eigenvalue weighted by Crippen LogP contribution is 2.25. The normalized spacial score (nSPS) is 16.0. The number of nitrogens with zero attached hydrogens (tertiary/aromatic N) is 2. The van der Waals surface area contributed by atoms with E-state index in [-0.39, 0.29) is 22.8 Å². The quantitative estimate of drug-likeness (QED) is 0.324. The summed E-state index contributed by atoms with van der Waals surface area (Å²) >= 11 is 1.36. The van der Waals surface area contributed by atoms with Crippen molar-refractivity contribution in [2.75, 3.05) is 19.6 Å². The highest BCUT2D eigenvalue weighted by atomic mass is 32.2. The molecule has 1 fully saturated rings. The molecule has 1 atom stereocenters. The molecule has 1 aromatic rings. The minimum Gasteiger partial charge on any atom is -0.355 e. The number of non-ortho nitro benzene ring substituents is 1. The number of nitro benzene ring substituents is 1. The molecule has 1 aliphatic heterocycles. The first kappa shape index (κ1) is 20.2. The summed E-state index contributed by atoms with van der Waals surface area (Å²) in [6, 6.07) is 6.17. The third-order valence-corrected chi connectivity index (χ3v) is 5.42. The lowest BCUT2D eigenvalue weighted by atomic mass is 10.2. The number of nitrogens with one attached hydrogen (secondary N) is 1. The average Bonchev–Trinajstić information content (AvgIpc) is 2.83. The summed E-state index contributed by atoms with van der Waals surface area (Å²) in [6.07, 6.45) is 4.52. The highest BCUT2D eigenvalue weighted by Gasteiger charge is 2.17. The van der Waals surface area contributed by atoms with Gasteiger partial charge >= 0.3 is 0 Å². The van der Waals surface area contributed by atoms with Crippen LogP contribution >= 0.6 is 11.8 Å². The molecule has 0 radical (unpaired) electrons. The monoisotopic (exact) mass is 379 g/mol. The molecular weight excluding hydrogens is 354 g/mol. The van der Waals surface area contributed by atoms with Gasteiger partial charge in [-0.3, -0.25) is 19.7 Å². The Morgan fingerprint density at radius 1 is 1.31 bits per heavy atom. The lowest BCUT2D eigenvalue weighted by Crippen LogP contribution is -2.35. The van der Waals surface area contributed by atoms with Gasteiger partial charge < -0.3 is 10.2 Å². The smallest absolute Gasteiger partial charge is 0.269 e. The number of hydrogen-bond acceptors (Lipinski definition) is 5. The van der Waals surface area contributed by atoms with Gasteiger partial charge in [-0.2, -0.15) is 0 Å². The molecule has 1 unspecified atom stereocenters. The number of rotatable bonds is 8. The second-order valence-electron chi connectivity index (χ2n) is 6.35. The minimum atomic E-state index is -0.445. The van der Waals surface area contributed by atoms with Crippen LogP contribution in [0.2, 0.25) is 0 Å². The molecule has 142 valence electrons. The topological polar surface area (TPSA) is 92.5 Å². The Hall–Kier alpha value is -2.09. The van der Waals surface area contributed by atoms with Gasteiger partial charge in [0.15, 0.2) is 0 Å². The maximum Gasteiger partial charge on any atom is 0.269 e. The Morgan fingerprint density at radius 2 is 2.04 bits per heavy atom. The van der Waals surface area contributed by atoms with Crippen LogP contribution in [0, 0.1) is 10.1 Å². The van der Waals surface area contributed by atoms with Crippen molar-refractivity contribution in [1.82, 2.24) is 10.2 Å². The van der Waals surface area contributed by atoms with E-state index >= 15 is 0 Å². The molecule has 2 rings (SSSR count). The Labute approximate surface area is 157 Å². The van der Waals surface area contributed by atoms with Crippen molar-refractivity contribution in [2.24, 2.45) is 0 Å². The summed E-state index contributed by atoms with van der Waals surface area (Å²) in [7, 11) is 0. The third kappa shape index (κ3) is 6.33. The molecule has 7 nitrogen and oxygen atoms in total. The summed E-state index contributed by atoms with van der Waals surface area (Å²) in [5.41, 5.74) is 0.0366. The molecule has 1 aliphatic rings. The second kappa shape index (κ2) is 10.2. The first-order chi connectivity index (χ1) is 12.5. The number of amides is 2. The Morgan fingerprint density at radius 3 is 2.73 bits per heavy atom. The van der Waals surface area contributed by atoms with E-state index in [1.807, 2.05) is 4.90 Å². The van der Waals surface area contributed by atoms with Crippen molar-refractivity contribution in [3.05, 3.63) is 34.4 Å². The van der Waals surface area contributed by atoms with E-state index < -0.39 is 4.92 Å². The molecule has 0 saturated carbocycles. The van der Waals surface area contributed by atoms with E-state index in [1.54, 1.807) is 19.1 Å². The number of likely N-dealkylation sites (tertiary alicyclic amines) is 1.